The van der Waals surface area contributed by atoms with Gasteiger partial charge in [-0.1, -0.05) is 19.6 Å². The molecule has 1 heterocycles. The summed E-state index contributed by atoms with van der Waals surface area (Å²) >= 11 is 0. The number of hydrogen-bond acceptors (Lipinski definition) is 7. The molecule has 1 aromatic heterocycles. The molecule has 0 amide bonds. The molecule has 27 heavy (non-hydrogen) atoms. The van der Waals surface area contributed by atoms with Crippen molar-refractivity contribution in [2.24, 2.45) is 0 Å². The Kier molecular flexibility index (Phi) is 7.27. The minimum Gasteiger partial charge on any atom is -0.489 e. The molecule has 2 rings (SSSR count). The number of anilines is 3. The molecule has 0 fully saturated rings. The summed E-state index contributed by atoms with van der Waals surface area (Å²) < 4.78 is 11.7. The Labute approximate surface area is 161 Å². The van der Waals surface area contributed by atoms with Crippen molar-refractivity contribution >= 4 is 28.1 Å². The highest BCUT2D eigenvalue weighted by Crippen LogP contribution is 2.41. The van der Waals surface area contributed by atoms with Gasteiger partial charge in [-0.05, 0) is 32.5 Å². The lowest BCUT2D eigenvalue weighted by molar-refractivity contribution is 0.170. The quantitative estimate of drug-likeness (QED) is 0.589. The second-order valence-corrected chi connectivity index (χ2v) is 6.41. The van der Waals surface area contributed by atoms with E-state index in [1.54, 1.807) is 0 Å². The van der Waals surface area contributed by atoms with Crippen molar-refractivity contribution in [1.82, 2.24) is 10.3 Å². The third-order valence-corrected chi connectivity index (χ3v) is 4.31. The Bertz CT molecular complexity index is 794. The van der Waals surface area contributed by atoms with Gasteiger partial charge in [0.2, 0.25) is 0 Å². The van der Waals surface area contributed by atoms with Crippen molar-refractivity contribution in [1.29, 1.82) is 0 Å². The van der Waals surface area contributed by atoms with Crippen LogP contribution in [0, 0.1) is 0 Å². The lowest BCUT2D eigenvalue weighted by atomic mass is 10.1. The molecule has 0 saturated carbocycles. The number of nitrogens with zero attached hydrogens (tertiary/aromatic N) is 2. The van der Waals surface area contributed by atoms with Crippen molar-refractivity contribution in [3.05, 3.63) is 30.5 Å². The zero-order valence-corrected chi connectivity index (χ0v) is 16.7. The number of pyridine rings is 1. The second kappa shape index (κ2) is 9.43. The smallest absolute Gasteiger partial charge is 0.149 e. The third-order valence-electron chi connectivity index (χ3n) is 4.31. The number of nitrogen functional groups attached to an aromatic ring is 2. The Morgan fingerprint density at radius 2 is 2.07 bits per heavy atom. The van der Waals surface area contributed by atoms with Crippen LogP contribution in [0.3, 0.4) is 0 Å². The molecule has 0 spiro atoms. The molecule has 1 aromatic carbocycles. The normalized spacial score (nSPS) is 12.1. The van der Waals surface area contributed by atoms with E-state index in [4.69, 9.17) is 20.9 Å². The van der Waals surface area contributed by atoms with Gasteiger partial charge < -0.3 is 31.2 Å². The molecule has 0 saturated heterocycles. The summed E-state index contributed by atoms with van der Waals surface area (Å²) in [6, 6.07) is 5.72. The van der Waals surface area contributed by atoms with Crippen LogP contribution in [-0.2, 0) is 4.74 Å². The molecule has 2 aromatic rings. The maximum atomic E-state index is 6.32. The number of benzene rings is 1. The van der Waals surface area contributed by atoms with E-state index in [1.807, 2.05) is 44.0 Å². The topological polar surface area (TPSA) is 98.7 Å². The molecule has 148 valence electrons. The number of rotatable bonds is 10. The Balaban J connectivity index is 2.53. The van der Waals surface area contributed by atoms with E-state index in [9.17, 15) is 0 Å². The fourth-order valence-corrected chi connectivity index (χ4v) is 2.82. The van der Waals surface area contributed by atoms with Gasteiger partial charge in [0.15, 0.2) is 0 Å². The molecule has 0 aliphatic carbocycles. The summed E-state index contributed by atoms with van der Waals surface area (Å²) in [5.74, 6) is 0.995. The van der Waals surface area contributed by atoms with Crippen LogP contribution in [-0.4, -0.2) is 44.4 Å². The zero-order valence-electron chi connectivity index (χ0n) is 16.7. The summed E-state index contributed by atoms with van der Waals surface area (Å²) in [4.78, 5) is 6.34. The number of aromatic nitrogens is 1. The van der Waals surface area contributed by atoms with Crippen molar-refractivity contribution in [3.63, 3.8) is 0 Å². The van der Waals surface area contributed by atoms with Crippen LogP contribution in [0.2, 0.25) is 0 Å². The van der Waals surface area contributed by atoms with Gasteiger partial charge in [0, 0.05) is 25.9 Å². The molecule has 7 nitrogen and oxygen atoms in total. The Morgan fingerprint density at radius 1 is 1.33 bits per heavy atom. The van der Waals surface area contributed by atoms with Crippen molar-refractivity contribution in [2.45, 2.75) is 26.9 Å². The number of likely N-dealkylation sites (N-methyl/N-ethyl adjacent to an activating group) is 2. The molecule has 0 aliphatic heterocycles. The third kappa shape index (κ3) is 4.81. The van der Waals surface area contributed by atoms with E-state index in [0.717, 1.165) is 35.4 Å². The van der Waals surface area contributed by atoms with Crippen LogP contribution < -0.4 is 26.4 Å². The summed E-state index contributed by atoms with van der Waals surface area (Å²) in [5.41, 5.74) is 15.0. The van der Waals surface area contributed by atoms with Gasteiger partial charge in [0.25, 0.3) is 0 Å². The van der Waals surface area contributed by atoms with Gasteiger partial charge in [-0.15, -0.1) is 0 Å². The molecule has 0 aliphatic rings. The predicted molar refractivity (Wildman–Crippen MR) is 113 cm³/mol. The lowest BCUT2D eigenvalue weighted by Gasteiger charge is -2.27. The van der Waals surface area contributed by atoms with Crippen molar-refractivity contribution < 1.29 is 9.47 Å². The highest BCUT2D eigenvalue weighted by molar-refractivity contribution is 6.05. The van der Waals surface area contributed by atoms with E-state index in [1.165, 1.54) is 0 Å². The largest absolute Gasteiger partial charge is 0.489 e. The number of hydrogen-bond donors (Lipinski definition) is 3. The summed E-state index contributed by atoms with van der Waals surface area (Å²) in [6.45, 7) is 12.8. The molecule has 7 heteroatoms. The number of ether oxygens (including phenoxy) is 2. The first-order valence-electron chi connectivity index (χ1n) is 9.24. The van der Waals surface area contributed by atoms with E-state index in [0.29, 0.717) is 24.7 Å². The molecular weight excluding hydrogens is 342 g/mol. The van der Waals surface area contributed by atoms with E-state index < -0.39 is 0 Å². The maximum Gasteiger partial charge on any atom is 0.149 e. The highest BCUT2D eigenvalue weighted by Gasteiger charge is 2.20. The van der Waals surface area contributed by atoms with Gasteiger partial charge in [0.05, 0.1) is 28.9 Å². The fourth-order valence-electron chi connectivity index (χ4n) is 2.82. The van der Waals surface area contributed by atoms with E-state index >= 15 is 0 Å². The molecule has 0 bridgehead atoms. The SMILES string of the molecule is C=C(COCC)N(C)c1c(N)c(N)nc2cccc(OC(C)CNCC)c12. The van der Waals surface area contributed by atoms with E-state index in [-0.39, 0.29) is 11.9 Å². The van der Waals surface area contributed by atoms with Crippen molar-refractivity contribution in [2.75, 3.05) is 49.7 Å². The standard InChI is InChI=1S/C20H31N5O2/c1-6-23-11-14(4)27-16-10-8-9-15-17(16)19(18(21)20(22)24-15)25(5)13(3)12-26-7-2/h8-10,14,23H,3,6-7,11-12,21H2,1-2,4-5H3,(H2,22,24). The number of nitrogens with one attached hydrogen (secondary N) is 1. The maximum absolute atomic E-state index is 6.32. The average Bonchev–Trinajstić information content (AvgIpc) is 2.65. The van der Waals surface area contributed by atoms with E-state index in [2.05, 4.69) is 23.8 Å². The number of nitrogens with two attached hydrogens (primary N) is 2. The first kappa shape index (κ1) is 20.8. The van der Waals surface area contributed by atoms with Crippen LogP contribution >= 0.6 is 0 Å². The van der Waals surface area contributed by atoms with Crippen molar-refractivity contribution in [3.8, 4) is 5.75 Å². The Morgan fingerprint density at radius 3 is 2.74 bits per heavy atom. The van der Waals surface area contributed by atoms with Crippen LogP contribution in [0.15, 0.2) is 30.5 Å². The van der Waals surface area contributed by atoms with Gasteiger partial charge in [-0.2, -0.15) is 0 Å². The molecule has 1 atom stereocenters. The van der Waals surface area contributed by atoms with Gasteiger partial charge >= 0.3 is 0 Å². The van der Waals surface area contributed by atoms with Gasteiger partial charge in [-0.3, -0.25) is 0 Å². The fraction of sp³-hybridized carbons (Fsp3) is 0.450. The average molecular weight is 374 g/mol. The lowest BCUT2D eigenvalue weighted by Crippen LogP contribution is -2.29. The van der Waals surface area contributed by atoms with Gasteiger partial charge in [-0.25, -0.2) is 4.98 Å². The first-order valence-corrected chi connectivity index (χ1v) is 9.24. The van der Waals surface area contributed by atoms with Crippen LogP contribution in [0.1, 0.15) is 20.8 Å². The second-order valence-electron chi connectivity index (χ2n) is 6.41. The summed E-state index contributed by atoms with van der Waals surface area (Å²) in [5, 5.41) is 4.10. The predicted octanol–water partition coefficient (Wildman–Crippen LogP) is 2.76. The monoisotopic (exact) mass is 373 g/mol. The van der Waals surface area contributed by atoms with Crippen LogP contribution in [0.4, 0.5) is 17.2 Å². The Hall–Kier alpha value is -2.51. The summed E-state index contributed by atoms with van der Waals surface area (Å²) in [6.07, 6.45) is -0.0147. The molecule has 0 radical (unpaired) electrons. The minimum absolute atomic E-state index is 0.0147. The minimum atomic E-state index is -0.0147. The summed E-state index contributed by atoms with van der Waals surface area (Å²) in [7, 11) is 1.89. The highest BCUT2D eigenvalue weighted by atomic mass is 16.5. The van der Waals surface area contributed by atoms with Gasteiger partial charge in [0.1, 0.15) is 17.7 Å². The molecule has 1 unspecified atom stereocenters. The zero-order chi connectivity index (χ0) is 20.0. The molecule has 5 N–H and O–H groups in total. The van der Waals surface area contributed by atoms with Crippen LogP contribution in [0.5, 0.6) is 5.75 Å². The van der Waals surface area contributed by atoms with Crippen LogP contribution in [0.25, 0.3) is 10.9 Å². The first-order chi connectivity index (χ1) is 12.9. The number of fused-ring (bicyclic) bond motifs is 1. The molecular formula is C20H31N5O2.